The van der Waals surface area contributed by atoms with Crippen LogP contribution in [-0.2, 0) is 19.4 Å². The van der Waals surface area contributed by atoms with E-state index in [1.807, 2.05) is 6.92 Å². The Morgan fingerprint density at radius 3 is 2.89 bits per heavy atom. The van der Waals surface area contributed by atoms with Crippen molar-refractivity contribution in [3.63, 3.8) is 0 Å². The first-order chi connectivity index (χ1) is 8.72. The van der Waals surface area contributed by atoms with Crippen molar-refractivity contribution < 1.29 is 0 Å². The minimum Gasteiger partial charge on any atom is -0.268 e. The highest BCUT2D eigenvalue weighted by atomic mass is 16.1. The summed E-state index contributed by atoms with van der Waals surface area (Å²) >= 11 is 0. The van der Waals surface area contributed by atoms with Crippen molar-refractivity contribution in [1.29, 1.82) is 0 Å². The standard InChI is InChI=1S/C15H16N2O/c1-11-5-8-15(18)17(16-11)10-12-6-7-13-3-2-4-14(13)9-12/h5-9H,2-4,10H2,1H3. The second-order valence-electron chi connectivity index (χ2n) is 4.93. The van der Waals surface area contributed by atoms with Crippen LogP contribution in [0.3, 0.4) is 0 Å². The monoisotopic (exact) mass is 240 g/mol. The minimum atomic E-state index is -0.0406. The van der Waals surface area contributed by atoms with Gasteiger partial charge in [-0.25, -0.2) is 4.68 Å². The summed E-state index contributed by atoms with van der Waals surface area (Å²) < 4.78 is 1.53. The third kappa shape index (κ3) is 2.08. The molecule has 3 heteroatoms. The summed E-state index contributed by atoms with van der Waals surface area (Å²) in [7, 11) is 0. The molecule has 0 unspecified atom stereocenters. The van der Waals surface area contributed by atoms with Crippen molar-refractivity contribution in [2.75, 3.05) is 0 Å². The number of aromatic nitrogens is 2. The lowest BCUT2D eigenvalue weighted by Crippen LogP contribution is -2.23. The molecule has 0 saturated heterocycles. The molecule has 1 heterocycles. The van der Waals surface area contributed by atoms with Gasteiger partial charge in [-0.05, 0) is 48.9 Å². The highest BCUT2D eigenvalue weighted by Gasteiger charge is 2.11. The number of benzene rings is 1. The number of hydrogen-bond acceptors (Lipinski definition) is 2. The van der Waals surface area contributed by atoms with Crippen LogP contribution in [0, 0.1) is 6.92 Å². The number of fused-ring (bicyclic) bond motifs is 1. The molecule has 0 spiro atoms. The Labute approximate surface area is 106 Å². The first-order valence-electron chi connectivity index (χ1n) is 6.38. The third-order valence-corrected chi connectivity index (χ3v) is 3.50. The summed E-state index contributed by atoms with van der Waals surface area (Å²) in [4.78, 5) is 11.7. The summed E-state index contributed by atoms with van der Waals surface area (Å²) in [6, 6.07) is 9.86. The molecule has 18 heavy (non-hydrogen) atoms. The number of rotatable bonds is 2. The zero-order valence-corrected chi connectivity index (χ0v) is 10.5. The highest BCUT2D eigenvalue weighted by Crippen LogP contribution is 2.22. The van der Waals surface area contributed by atoms with Gasteiger partial charge in [0.15, 0.2) is 0 Å². The Kier molecular flexibility index (Phi) is 2.74. The van der Waals surface area contributed by atoms with Gasteiger partial charge in [0.1, 0.15) is 0 Å². The van der Waals surface area contributed by atoms with E-state index in [0.29, 0.717) is 6.54 Å². The molecule has 1 aromatic heterocycles. The van der Waals surface area contributed by atoms with E-state index in [1.165, 1.54) is 35.1 Å². The largest absolute Gasteiger partial charge is 0.268 e. The van der Waals surface area contributed by atoms with E-state index in [4.69, 9.17) is 0 Å². The van der Waals surface area contributed by atoms with Crippen molar-refractivity contribution in [1.82, 2.24) is 9.78 Å². The zero-order chi connectivity index (χ0) is 12.5. The smallest absolute Gasteiger partial charge is 0.267 e. The summed E-state index contributed by atoms with van der Waals surface area (Å²) in [6.07, 6.45) is 3.61. The Morgan fingerprint density at radius 1 is 1.17 bits per heavy atom. The Bertz CT molecular complexity index is 643. The van der Waals surface area contributed by atoms with Crippen LogP contribution in [0.15, 0.2) is 35.1 Å². The van der Waals surface area contributed by atoms with Crippen LogP contribution in [0.5, 0.6) is 0 Å². The molecule has 0 N–H and O–H groups in total. The van der Waals surface area contributed by atoms with Gasteiger partial charge in [-0.3, -0.25) is 4.79 Å². The van der Waals surface area contributed by atoms with Crippen LogP contribution in [-0.4, -0.2) is 9.78 Å². The van der Waals surface area contributed by atoms with Crippen LogP contribution in [0.4, 0.5) is 0 Å². The average Bonchev–Trinajstić information content (AvgIpc) is 2.81. The molecule has 0 amide bonds. The van der Waals surface area contributed by atoms with Crippen LogP contribution < -0.4 is 5.56 Å². The van der Waals surface area contributed by atoms with Gasteiger partial charge in [-0.1, -0.05) is 18.2 Å². The molecular weight excluding hydrogens is 224 g/mol. The van der Waals surface area contributed by atoms with Crippen molar-refractivity contribution >= 4 is 0 Å². The highest BCUT2D eigenvalue weighted by molar-refractivity contribution is 5.35. The second kappa shape index (κ2) is 4.41. The summed E-state index contributed by atoms with van der Waals surface area (Å²) in [5.41, 5.74) is 4.89. The molecule has 1 aromatic carbocycles. The molecule has 2 aromatic rings. The van der Waals surface area contributed by atoms with Crippen molar-refractivity contribution in [3.8, 4) is 0 Å². The fourth-order valence-corrected chi connectivity index (χ4v) is 2.56. The van der Waals surface area contributed by atoms with Gasteiger partial charge in [0.25, 0.3) is 5.56 Å². The van der Waals surface area contributed by atoms with E-state index in [-0.39, 0.29) is 5.56 Å². The van der Waals surface area contributed by atoms with E-state index in [1.54, 1.807) is 12.1 Å². The molecule has 1 aliphatic rings. The SMILES string of the molecule is Cc1ccc(=O)n(Cc2ccc3c(c2)CCC3)n1. The number of hydrogen-bond donors (Lipinski definition) is 0. The lowest BCUT2D eigenvalue weighted by Gasteiger charge is -2.07. The van der Waals surface area contributed by atoms with Crippen molar-refractivity contribution in [2.45, 2.75) is 32.7 Å². The number of aryl methyl sites for hydroxylation is 3. The molecule has 0 fully saturated rings. The average molecular weight is 240 g/mol. The molecule has 3 rings (SSSR count). The number of nitrogens with zero attached hydrogens (tertiary/aromatic N) is 2. The normalized spacial score (nSPS) is 13.6. The van der Waals surface area contributed by atoms with Crippen LogP contribution >= 0.6 is 0 Å². The molecule has 0 bridgehead atoms. The van der Waals surface area contributed by atoms with E-state index < -0.39 is 0 Å². The van der Waals surface area contributed by atoms with E-state index in [9.17, 15) is 4.79 Å². The van der Waals surface area contributed by atoms with Crippen LogP contribution in [0.1, 0.15) is 28.8 Å². The molecule has 3 nitrogen and oxygen atoms in total. The predicted molar refractivity (Wildman–Crippen MR) is 70.8 cm³/mol. The van der Waals surface area contributed by atoms with Gasteiger partial charge in [0.2, 0.25) is 0 Å². The Hall–Kier alpha value is -1.90. The lowest BCUT2D eigenvalue weighted by molar-refractivity contribution is 0.628. The maximum Gasteiger partial charge on any atom is 0.267 e. The minimum absolute atomic E-state index is 0.0406. The van der Waals surface area contributed by atoms with Gasteiger partial charge >= 0.3 is 0 Å². The molecular formula is C15H16N2O. The third-order valence-electron chi connectivity index (χ3n) is 3.50. The Morgan fingerprint density at radius 2 is 2.00 bits per heavy atom. The van der Waals surface area contributed by atoms with Gasteiger partial charge in [0, 0.05) is 6.07 Å². The lowest BCUT2D eigenvalue weighted by atomic mass is 10.1. The van der Waals surface area contributed by atoms with Crippen molar-refractivity contribution in [2.24, 2.45) is 0 Å². The summed E-state index contributed by atoms with van der Waals surface area (Å²) in [6.45, 7) is 2.46. The molecule has 92 valence electrons. The van der Waals surface area contributed by atoms with Gasteiger partial charge < -0.3 is 0 Å². The predicted octanol–water partition coefficient (Wildman–Crippen LogP) is 2.09. The summed E-state index contributed by atoms with van der Waals surface area (Å²) in [5.74, 6) is 0. The molecule has 0 saturated carbocycles. The van der Waals surface area contributed by atoms with Gasteiger partial charge in [-0.2, -0.15) is 5.10 Å². The van der Waals surface area contributed by atoms with E-state index in [0.717, 1.165) is 11.3 Å². The Balaban J connectivity index is 1.93. The molecule has 0 radical (unpaired) electrons. The van der Waals surface area contributed by atoms with Crippen LogP contribution in [0.2, 0.25) is 0 Å². The second-order valence-corrected chi connectivity index (χ2v) is 4.93. The fourth-order valence-electron chi connectivity index (χ4n) is 2.56. The zero-order valence-electron chi connectivity index (χ0n) is 10.5. The van der Waals surface area contributed by atoms with Gasteiger partial charge in [-0.15, -0.1) is 0 Å². The van der Waals surface area contributed by atoms with E-state index in [2.05, 4.69) is 23.3 Å². The maximum atomic E-state index is 11.7. The van der Waals surface area contributed by atoms with Crippen LogP contribution in [0.25, 0.3) is 0 Å². The molecule has 1 aliphatic carbocycles. The first kappa shape index (κ1) is 11.2. The fraction of sp³-hybridized carbons (Fsp3) is 0.333. The van der Waals surface area contributed by atoms with Crippen molar-refractivity contribution in [3.05, 3.63) is 63.1 Å². The first-order valence-corrected chi connectivity index (χ1v) is 6.38. The molecule has 0 aliphatic heterocycles. The topological polar surface area (TPSA) is 34.9 Å². The van der Waals surface area contributed by atoms with Gasteiger partial charge in [0.05, 0.1) is 12.2 Å². The van der Waals surface area contributed by atoms with E-state index >= 15 is 0 Å². The maximum absolute atomic E-state index is 11.7. The quantitative estimate of drug-likeness (QED) is 0.805. The molecule has 0 atom stereocenters. The summed E-state index contributed by atoms with van der Waals surface area (Å²) in [5, 5.41) is 4.27.